The molecule has 1 fully saturated rings. The molecule has 19 heavy (non-hydrogen) atoms. The molecule has 106 valence electrons. The van der Waals surface area contributed by atoms with Crippen LogP contribution in [-0.2, 0) is 14.2 Å². The van der Waals surface area contributed by atoms with Crippen LogP contribution in [0.25, 0.3) is 0 Å². The third-order valence-corrected chi connectivity index (χ3v) is 3.14. The van der Waals surface area contributed by atoms with E-state index >= 15 is 0 Å². The van der Waals surface area contributed by atoms with E-state index < -0.39 is 35.8 Å². The molecule has 1 aromatic heterocycles. The van der Waals surface area contributed by atoms with Crippen LogP contribution in [0.5, 0.6) is 0 Å². The number of nitrogens with zero attached hydrogens (tertiary/aromatic N) is 1. The number of aromatic nitrogens is 2. The predicted molar refractivity (Wildman–Crippen MR) is 63.9 cm³/mol. The van der Waals surface area contributed by atoms with Crippen LogP contribution >= 0.6 is 0 Å². The van der Waals surface area contributed by atoms with E-state index in [2.05, 4.69) is 4.98 Å². The van der Waals surface area contributed by atoms with Crippen LogP contribution in [0.15, 0.2) is 21.9 Å². The SMILES string of the molecule is COC1C(CO)OC(n2ccc(=O)[nH]c2=O)C1OC. The number of aromatic amines is 1. The number of ether oxygens (including phenoxy) is 3. The van der Waals surface area contributed by atoms with Gasteiger partial charge in [0.2, 0.25) is 0 Å². The fraction of sp³-hybridized carbons (Fsp3) is 0.636. The zero-order valence-electron chi connectivity index (χ0n) is 10.6. The largest absolute Gasteiger partial charge is 0.394 e. The number of hydrogen-bond donors (Lipinski definition) is 2. The lowest BCUT2D eigenvalue weighted by Gasteiger charge is -2.21. The predicted octanol–water partition coefficient (Wildman–Crippen LogP) is -1.54. The van der Waals surface area contributed by atoms with Crippen molar-refractivity contribution in [3.63, 3.8) is 0 Å². The van der Waals surface area contributed by atoms with Gasteiger partial charge in [-0.25, -0.2) is 4.79 Å². The summed E-state index contributed by atoms with van der Waals surface area (Å²) in [5.74, 6) is 0. The van der Waals surface area contributed by atoms with Gasteiger partial charge in [-0.3, -0.25) is 14.3 Å². The first-order chi connectivity index (χ1) is 9.12. The normalized spacial score (nSPS) is 30.7. The Labute approximate surface area is 108 Å². The number of nitrogens with one attached hydrogen (secondary N) is 1. The molecule has 8 nitrogen and oxygen atoms in total. The molecule has 2 rings (SSSR count). The Morgan fingerprint density at radius 3 is 2.58 bits per heavy atom. The Morgan fingerprint density at radius 2 is 2.05 bits per heavy atom. The van der Waals surface area contributed by atoms with Gasteiger partial charge < -0.3 is 19.3 Å². The maximum absolute atomic E-state index is 11.7. The van der Waals surface area contributed by atoms with Gasteiger partial charge in [0.15, 0.2) is 6.23 Å². The second-order valence-corrected chi connectivity index (χ2v) is 4.17. The Bertz CT molecular complexity index is 538. The number of rotatable bonds is 4. The Kier molecular flexibility index (Phi) is 4.15. The molecule has 2 N–H and O–H groups in total. The molecule has 1 aromatic rings. The van der Waals surface area contributed by atoms with E-state index in [1.807, 2.05) is 0 Å². The molecule has 4 atom stereocenters. The first-order valence-electron chi connectivity index (χ1n) is 5.75. The minimum atomic E-state index is -0.767. The topological polar surface area (TPSA) is 103 Å². The average Bonchev–Trinajstić information content (AvgIpc) is 2.76. The second kappa shape index (κ2) is 5.66. The van der Waals surface area contributed by atoms with E-state index in [4.69, 9.17) is 14.2 Å². The molecule has 4 unspecified atom stereocenters. The van der Waals surface area contributed by atoms with Crippen LogP contribution in [0.1, 0.15) is 6.23 Å². The Balaban J connectivity index is 2.38. The molecule has 2 heterocycles. The van der Waals surface area contributed by atoms with Gasteiger partial charge in [-0.1, -0.05) is 0 Å². The molecule has 0 bridgehead atoms. The standard InChI is InChI=1S/C11H16N2O6/c1-17-8-6(5-14)19-10(9(8)18-2)13-4-3-7(15)12-11(13)16/h3-4,6,8-10,14H,5H2,1-2H3,(H,12,15,16). The van der Waals surface area contributed by atoms with Gasteiger partial charge in [-0.05, 0) is 0 Å². The monoisotopic (exact) mass is 272 g/mol. The van der Waals surface area contributed by atoms with Crippen molar-refractivity contribution >= 4 is 0 Å². The van der Waals surface area contributed by atoms with Gasteiger partial charge in [0.05, 0.1) is 6.61 Å². The molecule has 0 spiro atoms. The summed E-state index contributed by atoms with van der Waals surface area (Å²) in [6, 6.07) is 1.21. The lowest BCUT2D eigenvalue weighted by molar-refractivity contribution is -0.0625. The Morgan fingerprint density at radius 1 is 1.37 bits per heavy atom. The number of aliphatic hydroxyl groups excluding tert-OH is 1. The highest BCUT2D eigenvalue weighted by Crippen LogP contribution is 2.31. The first kappa shape index (κ1) is 13.9. The third kappa shape index (κ3) is 2.47. The van der Waals surface area contributed by atoms with E-state index in [1.165, 1.54) is 31.0 Å². The van der Waals surface area contributed by atoms with E-state index in [9.17, 15) is 14.7 Å². The summed E-state index contributed by atoms with van der Waals surface area (Å²) in [6.07, 6.45) is -1.11. The molecule has 1 aliphatic rings. The van der Waals surface area contributed by atoms with E-state index in [0.29, 0.717) is 0 Å². The zero-order chi connectivity index (χ0) is 14.0. The highest BCUT2D eigenvalue weighted by molar-refractivity contribution is 4.94. The number of methoxy groups -OCH3 is 2. The molecular weight excluding hydrogens is 256 g/mol. The van der Waals surface area contributed by atoms with Crippen LogP contribution < -0.4 is 11.2 Å². The van der Waals surface area contributed by atoms with Gasteiger partial charge in [0.25, 0.3) is 5.56 Å². The summed E-state index contributed by atoms with van der Waals surface area (Å²) in [7, 11) is 2.93. The molecule has 0 amide bonds. The third-order valence-electron chi connectivity index (χ3n) is 3.14. The smallest absolute Gasteiger partial charge is 0.330 e. The lowest BCUT2D eigenvalue weighted by atomic mass is 10.1. The minimum absolute atomic E-state index is 0.257. The molecule has 0 aromatic carbocycles. The minimum Gasteiger partial charge on any atom is -0.394 e. The van der Waals surface area contributed by atoms with E-state index in [0.717, 1.165) is 0 Å². The summed E-state index contributed by atoms with van der Waals surface area (Å²) in [5, 5.41) is 9.25. The van der Waals surface area contributed by atoms with Gasteiger partial charge in [0.1, 0.15) is 18.3 Å². The number of aliphatic hydroxyl groups is 1. The first-order valence-corrected chi connectivity index (χ1v) is 5.75. The van der Waals surface area contributed by atoms with Crippen molar-refractivity contribution in [1.82, 2.24) is 9.55 Å². The van der Waals surface area contributed by atoms with Crippen molar-refractivity contribution < 1.29 is 19.3 Å². The fourth-order valence-electron chi connectivity index (χ4n) is 2.24. The van der Waals surface area contributed by atoms with Crippen LogP contribution in [0.2, 0.25) is 0 Å². The summed E-state index contributed by atoms with van der Waals surface area (Å²) in [6.45, 7) is -0.257. The van der Waals surface area contributed by atoms with Gasteiger partial charge in [-0.15, -0.1) is 0 Å². The Hall–Kier alpha value is -1.48. The van der Waals surface area contributed by atoms with Gasteiger partial charge in [0, 0.05) is 26.5 Å². The lowest BCUT2D eigenvalue weighted by Crippen LogP contribution is -2.39. The molecular formula is C11H16N2O6. The maximum atomic E-state index is 11.7. The summed E-state index contributed by atoms with van der Waals surface area (Å²) < 4.78 is 17.3. The molecule has 0 radical (unpaired) electrons. The molecule has 8 heteroatoms. The van der Waals surface area contributed by atoms with Crippen molar-refractivity contribution in [3.8, 4) is 0 Å². The summed E-state index contributed by atoms with van der Waals surface area (Å²) >= 11 is 0. The number of hydrogen-bond acceptors (Lipinski definition) is 6. The van der Waals surface area contributed by atoms with Crippen LogP contribution in [-0.4, -0.2) is 53.8 Å². The molecule has 0 saturated carbocycles. The quantitative estimate of drug-likeness (QED) is 0.688. The summed E-state index contributed by atoms with van der Waals surface area (Å²) in [5.41, 5.74) is -1.09. The number of H-pyrrole nitrogens is 1. The van der Waals surface area contributed by atoms with Crippen molar-refractivity contribution in [2.45, 2.75) is 24.5 Å². The van der Waals surface area contributed by atoms with Crippen molar-refractivity contribution in [3.05, 3.63) is 33.1 Å². The van der Waals surface area contributed by atoms with Crippen molar-refractivity contribution in [1.29, 1.82) is 0 Å². The average molecular weight is 272 g/mol. The van der Waals surface area contributed by atoms with Crippen LogP contribution in [0.3, 0.4) is 0 Å². The highest BCUT2D eigenvalue weighted by atomic mass is 16.6. The van der Waals surface area contributed by atoms with Gasteiger partial charge >= 0.3 is 5.69 Å². The zero-order valence-corrected chi connectivity index (χ0v) is 10.6. The summed E-state index contributed by atoms with van der Waals surface area (Å²) in [4.78, 5) is 24.9. The van der Waals surface area contributed by atoms with Crippen molar-refractivity contribution in [2.24, 2.45) is 0 Å². The van der Waals surface area contributed by atoms with E-state index in [-0.39, 0.29) is 6.61 Å². The molecule has 1 aliphatic heterocycles. The highest BCUT2D eigenvalue weighted by Gasteiger charge is 2.46. The fourth-order valence-corrected chi connectivity index (χ4v) is 2.24. The molecule has 1 saturated heterocycles. The second-order valence-electron chi connectivity index (χ2n) is 4.17. The molecule has 0 aliphatic carbocycles. The maximum Gasteiger partial charge on any atom is 0.330 e. The van der Waals surface area contributed by atoms with Crippen molar-refractivity contribution in [2.75, 3.05) is 20.8 Å². The van der Waals surface area contributed by atoms with Crippen LogP contribution in [0, 0.1) is 0 Å². The van der Waals surface area contributed by atoms with Gasteiger partial charge in [-0.2, -0.15) is 0 Å². The van der Waals surface area contributed by atoms with E-state index in [1.54, 1.807) is 0 Å². The van der Waals surface area contributed by atoms with Crippen LogP contribution in [0.4, 0.5) is 0 Å².